The van der Waals surface area contributed by atoms with Crippen LogP contribution in [0.3, 0.4) is 0 Å². The topological polar surface area (TPSA) is 55.3 Å². The molecule has 0 spiro atoms. The summed E-state index contributed by atoms with van der Waals surface area (Å²) in [7, 11) is 0. The number of hydrogen-bond donors (Lipinski definition) is 0. The molecule has 0 unspecified atom stereocenters. The molecule has 0 saturated carbocycles. The predicted molar refractivity (Wildman–Crippen MR) is 77.0 cm³/mol. The number of aromatic nitrogens is 2. The number of anilines is 1. The Morgan fingerprint density at radius 1 is 1.20 bits per heavy atom. The van der Waals surface area contributed by atoms with Gasteiger partial charge in [0.25, 0.3) is 5.91 Å². The Labute approximate surface area is 118 Å². The summed E-state index contributed by atoms with van der Waals surface area (Å²) in [5.41, 5.74) is 1.17. The van der Waals surface area contributed by atoms with Crippen LogP contribution in [0, 0.1) is 0 Å². The SMILES string of the molecule is CCOc1cc(C(=O)N(CC)c2ccccc2)ncn1. The highest BCUT2D eigenvalue weighted by Crippen LogP contribution is 2.17. The van der Waals surface area contributed by atoms with Crippen molar-refractivity contribution in [2.75, 3.05) is 18.1 Å². The Bertz CT molecular complexity index is 572. The maximum Gasteiger partial charge on any atom is 0.277 e. The highest BCUT2D eigenvalue weighted by molar-refractivity contribution is 6.04. The van der Waals surface area contributed by atoms with Gasteiger partial charge in [-0.05, 0) is 26.0 Å². The normalized spacial score (nSPS) is 10.1. The molecule has 0 radical (unpaired) electrons. The molecule has 1 amide bonds. The smallest absolute Gasteiger partial charge is 0.277 e. The third kappa shape index (κ3) is 3.12. The Kier molecular flexibility index (Phi) is 4.65. The van der Waals surface area contributed by atoms with Crippen molar-refractivity contribution in [2.24, 2.45) is 0 Å². The van der Waals surface area contributed by atoms with E-state index in [-0.39, 0.29) is 5.91 Å². The van der Waals surface area contributed by atoms with Crippen LogP contribution in [0.25, 0.3) is 0 Å². The van der Waals surface area contributed by atoms with Crippen LogP contribution < -0.4 is 9.64 Å². The van der Waals surface area contributed by atoms with Crippen LogP contribution >= 0.6 is 0 Å². The first-order valence-electron chi connectivity index (χ1n) is 6.58. The molecule has 1 heterocycles. The van der Waals surface area contributed by atoms with Crippen LogP contribution in [-0.4, -0.2) is 29.0 Å². The minimum absolute atomic E-state index is 0.165. The number of carbonyl (C=O) groups is 1. The zero-order valence-corrected chi connectivity index (χ0v) is 11.6. The Hall–Kier alpha value is -2.43. The minimum Gasteiger partial charge on any atom is -0.478 e. The van der Waals surface area contributed by atoms with E-state index in [1.54, 1.807) is 11.0 Å². The zero-order chi connectivity index (χ0) is 14.4. The first kappa shape index (κ1) is 14.0. The molecule has 2 rings (SSSR count). The molecule has 5 nitrogen and oxygen atoms in total. The average molecular weight is 271 g/mol. The molecule has 0 fully saturated rings. The van der Waals surface area contributed by atoms with E-state index >= 15 is 0 Å². The second-order valence-electron chi connectivity index (χ2n) is 4.06. The maximum atomic E-state index is 12.5. The monoisotopic (exact) mass is 271 g/mol. The van der Waals surface area contributed by atoms with Crippen LogP contribution in [0.1, 0.15) is 24.3 Å². The quantitative estimate of drug-likeness (QED) is 0.838. The summed E-state index contributed by atoms with van der Waals surface area (Å²) >= 11 is 0. The van der Waals surface area contributed by atoms with Crippen molar-refractivity contribution in [2.45, 2.75) is 13.8 Å². The fourth-order valence-electron chi connectivity index (χ4n) is 1.87. The second-order valence-corrected chi connectivity index (χ2v) is 4.06. The minimum atomic E-state index is -0.165. The van der Waals surface area contributed by atoms with Crippen LogP contribution in [0.4, 0.5) is 5.69 Å². The average Bonchev–Trinajstić information content (AvgIpc) is 2.50. The van der Waals surface area contributed by atoms with E-state index in [4.69, 9.17) is 4.74 Å². The van der Waals surface area contributed by atoms with Crippen molar-refractivity contribution in [3.8, 4) is 5.88 Å². The third-order valence-electron chi connectivity index (χ3n) is 2.78. The molecule has 0 aliphatic carbocycles. The predicted octanol–water partition coefficient (Wildman–Crippen LogP) is 2.54. The van der Waals surface area contributed by atoms with E-state index in [2.05, 4.69) is 9.97 Å². The summed E-state index contributed by atoms with van der Waals surface area (Å²) in [5, 5.41) is 0. The number of nitrogens with zero attached hydrogens (tertiary/aromatic N) is 3. The molecule has 0 N–H and O–H groups in total. The molecule has 0 aliphatic rings. The van der Waals surface area contributed by atoms with E-state index in [1.807, 2.05) is 44.2 Å². The van der Waals surface area contributed by atoms with Crippen molar-refractivity contribution >= 4 is 11.6 Å². The zero-order valence-electron chi connectivity index (χ0n) is 11.6. The summed E-state index contributed by atoms with van der Waals surface area (Å²) < 4.78 is 5.29. The van der Waals surface area contributed by atoms with Gasteiger partial charge in [-0.25, -0.2) is 9.97 Å². The van der Waals surface area contributed by atoms with Crippen molar-refractivity contribution in [3.05, 3.63) is 48.4 Å². The van der Waals surface area contributed by atoms with E-state index < -0.39 is 0 Å². The number of rotatable bonds is 5. The summed E-state index contributed by atoms with van der Waals surface area (Å²) in [6.07, 6.45) is 1.34. The van der Waals surface area contributed by atoms with Gasteiger partial charge in [0.2, 0.25) is 5.88 Å². The van der Waals surface area contributed by atoms with Gasteiger partial charge in [-0.1, -0.05) is 18.2 Å². The van der Waals surface area contributed by atoms with E-state index in [1.165, 1.54) is 6.33 Å². The largest absolute Gasteiger partial charge is 0.478 e. The second kappa shape index (κ2) is 6.65. The molecule has 2 aromatic rings. The van der Waals surface area contributed by atoms with Crippen LogP contribution in [-0.2, 0) is 0 Å². The molecule has 104 valence electrons. The lowest BCUT2D eigenvalue weighted by Gasteiger charge is -2.20. The summed E-state index contributed by atoms with van der Waals surface area (Å²) in [6.45, 7) is 4.86. The Morgan fingerprint density at radius 3 is 2.60 bits per heavy atom. The highest BCUT2D eigenvalue weighted by atomic mass is 16.5. The van der Waals surface area contributed by atoms with E-state index in [0.29, 0.717) is 24.7 Å². The van der Waals surface area contributed by atoms with E-state index in [9.17, 15) is 4.79 Å². The molecule has 0 aliphatic heterocycles. The van der Waals surface area contributed by atoms with Crippen LogP contribution in [0.2, 0.25) is 0 Å². The van der Waals surface area contributed by atoms with Crippen molar-refractivity contribution < 1.29 is 9.53 Å². The van der Waals surface area contributed by atoms with Gasteiger partial charge < -0.3 is 9.64 Å². The maximum absolute atomic E-state index is 12.5. The number of carbonyl (C=O) groups excluding carboxylic acids is 1. The van der Waals surface area contributed by atoms with Gasteiger partial charge in [-0.2, -0.15) is 0 Å². The van der Waals surface area contributed by atoms with Gasteiger partial charge in [-0.3, -0.25) is 4.79 Å². The standard InChI is InChI=1S/C15H17N3O2/c1-3-18(12-8-6-5-7-9-12)15(19)13-10-14(20-4-2)17-11-16-13/h5-11H,3-4H2,1-2H3. The number of ether oxygens (including phenoxy) is 1. The Balaban J connectivity index is 2.27. The van der Waals surface area contributed by atoms with Crippen molar-refractivity contribution in [1.29, 1.82) is 0 Å². The molecule has 0 atom stereocenters. The Morgan fingerprint density at radius 2 is 1.95 bits per heavy atom. The summed E-state index contributed by atoms with van der Waals surface area (Å²) in [5.74, 6) is 0.247. The van der Waals surface area contributed by atoms with E-state index in [0.717, 1.165) is 5.69 Å². The fraction of sp³-hybridized carbons (Fsp3) is 0.267. The van der Waals surface area contributed by atoms with Crippen LogP contribution in [0.5, 0.6) is 5.88 Å². The number of benzene rings is 1. The highest BCUT2D eigenvalue weighted by Gasteiger charge is 2.18. The van der Waals surface area contributed by atoms with Gasteiger partial charge in [0.05, 0.1) is 6.61 Å². The van der Waals surface area contributed by atoms with Gasteiger partial charge in [0, 0.05) is 18.3 Å². The number of para-hydroxylation sites is 1. The van der Waals surface area contributed by atoms with Gasteiger partial charge in [-0.15, -0.1) is 0 Å². The molecule has 0 bridgehead atoms. The number of hydrogen-bond acceptors (Lipinski definition) is 4. The summed E-state index contributed by atoms with van der Waals surface area (Å²) in [4.78, 5) is 22.2. The van der Waals surface area contributed by atoms with Crippen LogP contribution in [0.15, 0.2) is 42.7 Å². The molecule has 1 aromatic heterocycles. The number of amides is 1. The van der Waals surface area contributed by atoms with Gasteiger partial charge >= 0.3 is 0 Å². The van der Waals surface area contributed by atoms with Gasteiger partial charge in [0.15, 0.2) is 0 Å². The summed E-state index contributed by atoms with van der Waals surface area (Å²) in [6, 6.07) is 11.1. The first-order valence-corrected chi connectivity index (χ1v) is 6.58. The van der Waals surface area contributed by atoms with Crippen molar-refractivity contribution in [3.63, 3.8) is 0 Å². The lowest BCUT2D eigenvalue weighted by molar-refractivity contribution is 0.0982. The molecule has 20 heavy (non-hydrogen) atoms. The lowest BCUT2D eigenvalue weighted by Crippen LogP contribution is -2.31. The molecular formula is C15H17N3O2. The first-order chi connectivity index (χ1) is 9.76. The third-order valence-corrected chi connectivity index (χ3v) is 2.78. The molecule has 5 heteroatoms. The van der Waals surface area contributed by atoms with Gasteiger partial charge in [0.1, 0.15) is 12.0 Å². The molecule has 1 aromatic carbocycles. The molecule has 0 saturated heterocycles. The lowest BCUT2D eigenvalue weighted by atomic mass is 10.2. The molecular weight excluding hydrogens is 254 g/mol. The fourth-order valence-corrected chi connectivity index (χ4v) is 1.87. The van der Waals surface area contributed by atoms with Crippen molar-refractivity contribution in [1.82, 2.24) is 9.97 Å².